The number of halogens is 3. The molecule has 2 aromatic rings. The van der Waals surface area contributed by atoms with Gasteiger partial charge >= 0.3 is 0 Å². The largest absolute Gasteiger partial charge is 0.352 e. The van der Waals surface area contributed by atoms with E-state index in [4.69, 9.17) is 34.8 Å². The number of hydrogen-bond acceptors (Lipinski definition) is 3. The zero-order valence-corrected chi connectivity index (χ0v) is 21.6. The molecule has 174 valence electrons. The number of rotatable bonds is 11. The van der Waals surface area contributed by atoms with Crippen molar-refractivity contribution in [1.82, 2.24) is 10.2 Å². The van der Waals surface area contributed by atoms with Gasteiger partial charge in [-0.25, -0.2) is 0 Å². The predicted molar refractivity (Wildman–Crippen MR) is 136 cm³/mol. The SMILES string of the molecule is CC[C@@H](C(=O)NC(C)C)N(Cc1ccc(Cl)c(Cl)c1)C(=O)CCCSc1ccc(Cl)cc1. The van der Waals surface area contributed by atoms with Crippen LogP contribution in [-0.4, -0.2) is 34.6 Å². The molecule has 0 bridgehead atoms. The average Bonchev–Trinajstić information content (AvgIpc) is 2.74. The van der Waals surface area contributed by atoms with Crippen molar-refractivity contribution in [1.29, 1.82) is 0 Å². The van der Waals surface area contributed by atoms with Crippen LogP contribution < -0.4 is 5.32 Å². The van der Waals surface area contributed by atoms with Gasteiger partial charge in [0.25, 0.3) is 0 Å². The maximum absolute atomic E-state index is 13.2. The second kappa shape index (κ2) is 13.3. The van der Waals surface area contributed by atoms with Crippen LogP contribution in [0.1, 0.15) is 45.6 Å². The van der Waals surface area contributed by atoms with E-state index in [1.807, 2.05) is 51.1 Å². The van der Waals surface area contributed by atoms with Gasteiger partial charge in [0.15, 0.2) is 0 Å². The van der Waals surface area contributed by atoms with Crippen LogP contribution in [0.4, 0.5) is 0 Å². The van der Waals surface area contributed by atoms with E-state index in [0.717, 1.165) is 16.2 Å². The van der Waals surface area contributed by atoms with Crippen molar-refractivity contribution >= 4 is 58.4 Å². The lowest BCUT2D eigenvalue weighted by Crippen LogP contribution is -2.50. The average molecular weight is 516 g/mol. The summed E-state index contributed by atoms with van der Waals surface area (Å²) in [5.41, 5.74) is 0.832. The second-order valence-electron chi connectivity index (χ2n) is 7.76. The molecular formula is C24H29Cl3N2O2S. The monoisotopic (exact) mass is 514 g/mol. The molecule has 8 heteroatoms. The van der Waals surface area contributed by atoms with Crippen molar-refractivity contribution in [2.45, 2.75) is 63.6 Å². The van der Waals surface area contributed by atoms with E-state index in [1.165, 1.54) is 0 Å². The third-order valence-electron chi connectivity index (χ3n) is 4.77. The lowest BCUT2D eigenvalue weighted by atomic mass is 10.1. The first kappa shape index (κ1) is 26.8. The zero-order valence-electron chi connectivity index (χ0n) is 18.5. The molecular weight excluding hydrogens is 487 g/mol. The molecule has 0 aliphatic rings. The summed E-state index contributed by atoms with van der Waals surface area (Å²) in [6, 6.07) is 12.4. The molecule has 0 fully saturated rings. The fourth-order valence-electron chi connectivity index (χ4n) is 3.22. The number of nitrogens with zero attached hydrogens (tertiary/aromatic N) is 1. The predicted octanol–water partition coefficient (Wildman–Crippen LogP) is 6.85. The highest BCUT2D eigenvalue weighted by Crippen LogP contribution is 2.25. The van der Waals surface area contributed by atoms with Gasteiger partial charge in [-0.05, 0) is 74.4 Å². The van der Waals surface area contributed by atoms with Gasteiger partial charge in [0.1, 0.15) is 6.04 Å². The number of carbonyl (C=O) groups excluding carboxylic acids is 2. The van der Waals surface area contributed by atoms with Crippen molar-refractivity contribution < 1.29 is 9.59 Å². The maximum Gasteiger partial charge on any atom is 0.243 e. The van der Waals surface area contributed by atoms with Gasteiger partial charge in [-0.15, -0.1) is 11.8 Å². The van der Waals surface area contributed by atoms with Crippen LogP contribution in [0, 0.1) is 0 Å². The Morgan fingerprint density at radius 3 is 2.31 bits per heavy atom. The topological polar surface area (TPSA) is 49.4 Å². The Balaban J connectivity index is 2.08. The minimum Gasteiger partial charge on any atom is -0.352 e. The smallest absolute Gasteiger partial charge is 0.243 e. The molecule has 0 aliphatic carbocycles. The molecule has 0 saturated heterocycles. The van der Waals surface area contributed by atoms with Crippen molar-refractivity contribution in [3.63, 3.8) is 0 Å². The van der Waals surface area contributed by atoms with Crippen LogP contribution in [0.25, 0.3) is 0 Å². The molecule has 0 saturated carbocycles. The third kappa shape index (κ3) is 8.51. The van der Waals surface area contributed by atoms with Gasteiger partial charge in [-0.2, -0.15) is 0 Å². The Bertz CT molecular complexity index is 907. The van der Waals surface area contributed by atoms with Crippen molar-refractivity contribution in [2.75, 3.05) is 5.75 Å². The molecule has 0 radical (unpaired) electrons. The fraction of sp³-hybridized carbons (Fsp3) is 0.417. The van der Waals surface area contributed by atoms with Crippen LogP contribution in [0.5, 0.6) is 0 Å². The van der Waals surface area contributed by atoms with Crippen LogP contribution in [0.2, 0.25) is 15.1 Å². The van der Waals surface area contributed by atoms with Crippen molar-refractivity contribution in [3.8, 4) is 0 Å². The molecule has 32 heavy (non-hydrogen) atoms. The Labute approximate surface area is 210 Å². The summed E-state index contributed by atoms with van der Waals surface area (Å²) < 4.78 is 0. The zero-order chi connectivity index (χ0) is 23.7. The summed E-state index contributed by atoms with van der Waals surface area (Å²) in [6.07, 6.45) is 1.57. The molecule has 0 unspecified atom stereocenters. The molecule has 0 aliphatic heterocycles. The van der Waals surface area contributed by atoms with Crippen LogP contribution in [0.3, 0.4) is 0 Å². The highest BCUT2D eigenvalue weighted by atomic mass is 35.5. The van der Waals surface area contributed by atoms with Crippen LogP contribution >= 0.6 is 46.6 Å². The number of carbonyl (C=O) groups is 2. The van der Waals surface area contributed by atoms with Gasteiger partial charge in [0.2, 0.25) is 11.8 Å². The van der Waals surface area contributed by atoms with Crippen molar-refractivity contribution in [2.24, 2.45) is 0 Å². The first-order valence-electron chi connectivity index (χ1n) is 10.6. The number of amides is 2. The molecule has 2 aromatic carbocycles. The second-order valence-corrected chi connectivity index (χ2v) is 10.2. The van der Waals surface area contributed by atoms with E-state index in [0.29, 0.717) is 40.9 Å². The quantitative estimate of drug-likeness (QED) is 0.263. The summed E-state index contributed by atoms with van der Waals surface area (Å²) in [5, 5.41) is 4.52. The maximum atomic E-state index is 13.2. The van der Waals surface area contributed by atoms with Crippen LogP contribution in [0.15, 0.2) is 47.4 Å². The molecule has 1 N–H and O–H groups in total. The normalized spacial score (nSPS) is 12.0. The fourth-order valence-corrected chi connectivity index (χ4v) is 4.52. The number of benzene rings is 2. The third-order valence-corrected chi connectivity index (χ3v) is 6.86. The highest BCUT2D eigenvalue weighted by Gasteiger charge is 2.28. The first-order valence-corrected chi connectivity index (χ1v) is 12.7. The number of hydrogen-bond donors (Lipinski definition) is 1. The first-order chi connectivity index (χ1) is 15.2. The van der Waals surface area contributed by atoms with E-state index >= 15 is 0 Å². The Morgan fingerprint density at radius 2 is 1.72 bits per heavy atom. The van der Waals surface area contributed by atoms with Gasteiger partial charge in [-0.1, -0.05) is 47.8 Å². The Hall–Kier alpha value is -1.40. The number of nitrogens with one attached hydrogen (secondary N) is 1. The molecule has 2 amide bonds. The highest BCUT2D eigenvalue weighted by molar-refractivity contribution is 7.99. The summed E-state index contributed by atoms with van der Waals surface area (Å²) in [7, 11) is 0. The van der Waals surface area contributed by atoms with Crippen molar-refractivity contribution in [3.05, 3.63) is 63.1 Å². The molecule has 0 spiro atoms. The number of thioether (sulfide) groups is 1. The van der Waals surface area contributed by atoms with Crippen LogP contribution in [-0.2, 0) is 16.1 Å². The van der Waals surface area contributed by atoms with Gasteiger partial charge in [0, 0.05) is 28.9 Å². The summed E-state index contributed by atoms with van der Waals surface area (Å²) >= 11 is 19.8. The summed E-state index contributed by atoms with van der Waals surface area (Å²) in [4.78, 5) is 28.8. The van der Waals surface area contributed by atoms with E-state index in [1.54, 1.807) is 28.8 Å². The lowest BCUT2D eigenvalue weighted by molar-refractivity contribution is -0.141. The molecule has 4 nitrogen and oxygen atoms in total. The minimum absolute atomic E-state index is 0.00532. The van der Waals surface area contributed by atoms with E-state index < -0.39 is 6.04 Å². The summed E-state index contributed by atoms with van der Waals surface area (Å²) in [6.45, 7) is 6.02. The summed E-state index contributed by atoms with van der Waals surface area (Å²) in [5.74, 6) is 0.591. The molecule has 0 aromatic heterocycles. The van der Waals surface area contributed by atoms with Gasteiger partial charge in [-0.3, -0.25) is 9.59 Å². The van der Waals surface area contributed by atoms with E-state index in [-0.39, 0.29) is 17.9 Å². The Kier molecular flexibility index (Phi) is 11.2. The molecule has 1 atom stereocenters. The van der Waals surface area contributed by atoms with Gasteiger partial charge in [0.05, 0.1) is 10.0 Å². The van der Waals surface area contributed by atoms with Gasteiger partial charge < -0.3 is 10.2 Å². The molecule has 0 heterocycles. The van der Waals surface area contributed by atoms with E-state index in [9.17, 15) is 9.59 Å². The minimum atomic E-state index is -0.553. The molecule has 2 rings (SSSR count). The standard InChI is InChI=1S/C24H29Cl3N2O2S/c1-4-22(24(31)28-16(2)3)29(15-17-7-12-20(26)21(27)14-17)23(30)6-5-13-32-19-10-8-18(25)9-11-19/h7-12,14,16,22H,4-6,13,15H2,1-3H3,(H,28,31)/t22-/m0/s1. The van der Waals surface area contributed by atoms with E-state index in [2.05, 4.69) is 5.32 Å². The lowest BCUT2D eigenvalue weighted by Gasteiger charge is -2.31. The Morgan fingerprint density at radius 1 is 1.03 bits per heavy atom.